The summed E-state index contributed by atoms with van der Waals surface area (Å²) in [5, 5.41) is 0. The quantitative estimate of drug-likeness (QED) is 0.832. The average Bonchev–Trinajstić information content (AvgIpc) is 2.28. The molecule has 82 valence electrons. The molecule has 0 saturated carbocycles. The van der Waals surface area contributed by atoms with Gasteiger partial charge in [-0.25, -0.2) is 9.97 Å². The molecule has 0 unspecified atom stereocenters. The van der Waals surface area contributed by atoms with Crippen LogP contribution >= 0.6 is 0 Å². The zero-order valence-electron chi connectivity index (χ0n) is 9.57. The van der Waals surface area contributed by atoms with Gasteiger partial charge in [0, 0.05) is 17.8 Å². The summed E-state index contributed by atoms with van der Waals surface area (Å²) in [7, 11) is 0. The third-order valence-corrected chi connectivity index (χ3v) is 2.50. The molecule has 0 radical (unpaired) electrons. The zero-order valence-corrected chi connectivity index (χ0v) is 9.57. The molecule has 16 heavy (non-hydrogen) atoms. The lowest BCUT2D eigenvalue weighted by atomic mass is 10.1. The van der Waals surface area contributed by atoms with E-state index in [1.54, 1.807) is 0 Å². The highest BCUT2D eigenvalue weighted by molar-refractivity contribution is 5.59. The molecule has 1 aromatic carbocycles. The Morgan fingerprint density at radius 1 is 1.12 bits per heavy atom. The van der Waals surface area contributed by atoms with Crippen molar-refractivity contribution in [1.29, 1.82) is 0 Å². The van der Waals surface area contributed by atoms with E-state index in [9.17, 15) is 0 Å². The molecule has 0 bridgehead atoms. The van der Waals surface area contributed by atoms with Crippen LogP contribution in [0.1, 0.15) is 17.0 Å². The number of rotatable bonds is 2. The first-order valence-electron chi connectivity index (χ1n) is 5.31. The van der Waals surface area contributed by atoms with Crippen molar-refractivity contribution in [2.75, 3.05) is 0 Å². The maximum atomic E-state index is 5.61. The summed E-state index contributed by atoms with van der Waals surface area (Å²) in [6, 6.07) is 10.0. The standard InChI is InChI=1S/C13H15N3/c1-9-5-3-4-6-12(9)13-15-10(2)7-11(8-14)16-13/h3-7H,8,14H2,1-2H3. The van der Waals surface area contributed by atoms with Crippen molar-refractivity contribution in [2.45, 2.75) is 20.4 Å². The van der Waals surface area contributed by atoms with Crippen LogP contribution in [0.4, 0.5) is 0 Å². The molecule has 0 aliphatic heterocycles. The second-order valence-electron chi connectivity index (χ2n) is 3.84. The van der Waals surface area contributed by atoms with E-state index in [0.717, 1.165) is 22.8 Å². The van der Waals surface area contributed by atoms with E-state index in [1.807, 2.05) is 31.2 Å². The lowest BCUT2D eigenvalue weighted by Gasteiger charge is -2.06. The van der Waals surface area contributed by atoms with Crippen molar-refractivity contribution in [3.8, 4) is 11.4 Å². The second kappa shape index (κ2) is 4.41. The first-order valence-corrected chi connectivity index (χ1v) is 5.31. The lowest BCUT2D eigenvalue weighted by Crippen LogP contribution is -2.03. The maximum absolute atomic E-state index is 5.61. The number of nitrogens with zero attached hydrogens (tertiary/aromatic N) is 2. The molecule has 0 aliphatic carbocycles. The highest BCUT2D eigenvalue weighted by Gasteiger charge is 2.06. The van der Waals surface area contributed by atoms with Gasteiger partial charge in [0.15, 0.2) is 5.82 Å². The Kier molecular flexibility index (Phi) is 2.97. The summed E-state index contributed by atoms with van der Waals surface area (Å²) >= 11 is 0. The number of hydrogen-bond acceptors (Lipinski definition) is 3. The van der Waals surface area contributed by atoms with Crippen molar-refractivity contribution >= 4 is 0 Å². The highest BCUT2D eigenvalue weighted by atomic mass is 14.9. The Morgan fingerprint density at radius 2 is 1.88 bits per heavy atom. The summed E-state index contributed by atoms with van der Waals surface area (Å²) < 4.78 is 0. The molecule has 1 heterocycles. The van der Waals surface area contributed by atoms with Crippen molar-refractivity contribution in [1.82, 2.24) is 9.97 Å². The topological polar surface area (TPSA) is 51.8 Å². The summed E-state index contributed by atoms with van der Waals surface area (Å²) in [5.74, 6) is 0.763. The van der Waals surface area contributed by atoms with Crippen LogP contribution in [0.3, 0.4) is 0 Å². The van der Waals surface area contributed by atoms with Gasteiger partial charge in [-0.1, -0.05) is 24.3 Å². The van der Waals surface area contributed by atoms with Crippen molar-refractivity contribution in [3.05, 3.63) is 47.3 Å². The van der Waals surface area contributed by atoms with Crippen molar-refractivity contribution in [2.24, 2.45) is 5.73 Å². The predicted molar refractivity (Wildman–Crippen MR) is 64.8 cm³/mol. The fourth-order valence-corrected chi connectivity index (χ4v) is 1.68. The smallest absolute Gasteiger partial charge is 0.159 e. The van der Waals surface area contributed by atoms with Gasteiger partial charge in [0.05, 0.1) is 5.69 Å². The number of hydrogen-bond donors (Lipinski definition) is 1. The molecular formula is C13H15N3. The molecule has 0 amide bonds. The first kappa shape index (κ1) is 10.8. The Labute approximate surface area is 95.4 Å². The summed E-state index contributed by atoms with van der Waals surface area (Å²) in [4.78, 5) is 8.89. The molecule has 0 aliphatic rings. The van der Waals surface area contributed by atoms with Crippen LogP contribution < -0.4 is 5.73 Å². The normalized spacial score (nSPS) is 10.4. The lowest BCUT2D eigenvalue weighted by molar-refractivity contribution is 0.952. The minimum Gasteiger partial charge on any atom is -0.325 e. The van der Waals surface area contributed by atoms with Gasteiger partial charge in [-0.3, -0.25) is 0 Å². The van der Waals surface area contributed by atoms with Crippen LogP contribution in [0.5, 0.6) is 0 Å². The van der Waals surface area contributed by atoms with E-state index >= 15 is 0 Å². The number of benzene rings is 1. The largest absolute Gasteiger partial charge is 0.325 e. The van der Waals surface area contributed by atoms with E-state index < -0.39 is 0 Å². The molecule has 1 aromatic heterocycles. The third kappa shape index (κ3) is 2.09. The number of aromatic nitrogens is 2. The molecule has 0 spiro atoms. The minimum atomic E-state index is 0.447. The predicted octanol–water partition coefficient (Wildman–Crippen LogP) is 2.22. The molecular weight excluding hydrogens is 198 g/mol. The SMILES string of the molecule is Cc1cc(CN)nc(-c2ccccc2C)n1. The van der Waals surface area contributed by atoms with Crippen LogP contribution in [-0.4, -0.2) is 9.97 Å². The summed E-state index contributed by atoms with van der Waals surface area (Å²) in [6.45, 7) is 4.47. The molecule has 2 N–H and O–H groups in total. The second-order valence-corrected chi connectivity index (χ2v) is 3.84. The monoisotopic (exact) mass is 213 g/mol. The van der Waals surface area contributed by atoms with E-state index in [1.165, 1.54) is 5.56 Å². The van der Waals surface area contributed by atoms with E-state index in [4.69, 9.17) is 5.73 Å². The Bertz CT molecular complexity index is 506. The van der Waals surface area contributed by atoms with Crippen LogP contribution in [0, 0.1) is 13.8 Å². The van der Waals surface area contributed by atoms with E-state index in [-0.39, 0.29) is 0 Å². The van der Waals surface area contributed by atoms with Gasteiger partial charge >= 0.3 is 0 Å². The van der Waals surface area contributed by atoms with Gasteiger partial charge in [0.25, 0.3) is 0 Å². The Balaban J connectivity index is 2.56. The van der Waals surface area contributed by atoms with Gasteiger partial charge in [-0.05, 0) is 25.5 Å². The molecule has 0 atom stereocenters. The third-order valence-electron chi connectivity index (χ3n) is 2.50. The molecule has 2 aromatic rings. The summed E-state index contributed by atoms with van der Waals surface area (Å²) in [6.07, 6.45) is 0. The van der Waals surface area contributed by atoms with Gasteiger partial charge in [0.2, 0.25) is 0 Å². The number of aryl methyl sites for hydroxylation is 2. The molecule has 0 saturated heterocycles. The molecule has 2 rings (SSSR count). The van der Waals surface area contributed by atoms with Gasteiger partial charge in [0.1, 0.15) is 0 Å². The van der Waals surface area contributed by atoms with Gasteiger partial charge < -0.3 is 5.73 Å². The summed E-state index contributed by atoms with van der Waals surface area (Å²) in [5.41, 5.74) is 9.69. The van der Waals surface area contributed by atoms with Crippen molar-refractivity contribution in [3.63, 3.8) is 0 Å². The Morgan fingerprint density at radius 3 is 2.56 bits per heavy atom. The minimum absolute atomic E-state index is 0.447. The zero-order chi connectivity index (χ0) is 11.5. The molecule has 0 fully saturated rings. The molecule has 3 nitrogen and oxygen atoms in total. The number of nitrogens with two attached hydrogens (primary N) is 1. The van der Waals surface area contributed by atoms with E-state index in [2.05, 4.69) is 23.0 Å². The first-order chi connectivity index (χ1) is 7.70. The maximum Gasteiger partial charge on any atom is 0.159 e. The fourth-order valence-electron chi connectivity index (χ4n) is 1.68. The molecule has 3 heteroatoms. The van der Waals surface area contributed by atoms with Gasteiger partial charge in [-0.15, -0.1) is 0 Å². The average molecular weight is 213 g/mol. The van der Waals surface area contributed by atoms with Crippen LogP contribution in [0.15, 0.2) is 30.3 Å². The van der Waals surface area contributed by atoms with Gasteiger partial charge in [-0.2, -0.15) is 0 Å². The van der Waals surface area contributed by atoms with Crippen LogP contribution in [0.25, 0.3) is 11.4 Å². The Hall–Kier alpha value is -1.74. The van der Waals surface area contributed by atoms with Crippen LogP contribution in [0.2, 0.25) is 0 Å². The van der Waals surface area contributed by atoms with Crippen LogP contribution in [-0.2, 0) is 6.54 Å². The fraction of sp³-hybridized carbons (Fsp3) is 0.231. The van der Waals surface area contributed by atoms with Crippen molar-refractivity contribution < 1.29 is 0 Å². The highest BCUT2D eigenvalue weighted by Crippen LogP contribution is 2.19. The van der Waals surface area contributed by atoms with E-state index in [0.29, 0.717) is 6.54 Å².